The molecule has 24 heavy (non-hydrogen) atoms. The standard InChI is InChI=1S/C19H25N5/c1-13(2)24-18-7-14(3)16(10-22-23-11-20-21-12-23)8-17(18)15(4)9-19(24,5)6/h7-13H,1-6H3/b22-10+. The first kappa shape index (κ1) is 16.4. The number of aromatic nitrogens is 3. The van der Waals surface area contributed by atoms with Crippen LogP contribution >= 0.6 is 0 Å². The van der Waals surface area contributed by atoms with Crippen LogP contribution in [0.25, 0.3) is 5.57 Å². The zero-order valence-electron chi connectivity index (χ0n) is 15.3. The van der Waals surface area contributed by atoms with Gasteiger partial charge in [0.25, 0.3) is 0 Å². The molecule has 0 bridgehead atoms. The molecule has 0 N–H and O–H groups in total. The molecule has 0 atom stereocenters. The predicted octanol–water partition coefficient (Wildman–Crippen LogP) is 3.88. The summed E-state index contributed by atoms with van der Waals surface area (Å²) in [7, 11) is 0. The molecule has 5 heteroatoms. The van der Waals surface area contributed by atoms with E-state index in [1.165, 1.54) is 22.4 Å². The van der Waals surface area contributed by atoms with E-state index in [1.807, 2.05) is 6.21 Å². The van der Waals surface area contributed by atoms with Crippen LogP contribution in [0.3, 0.4) is 0 Å². The molecule has 1 aliphatic rings. The second-order valence-corrected chi connectivity index (χ2v) is 7.26. The summed E-state index contributed by atoms with van der Waals surface area (Å²) in [4.78, 5) is 2.49. The third kappa shape index (κ3) is 2.86. The molecule has 2 heterocycles. The number of nitrogens with zero attached hydrogens (tertiary/aromatic N) is 5. The second-order valence-electron chi connectivity index (χ2n) is 7.26. The van der Waals surface area contributed by atoms with E-state index >= 15 is 0 Å². The number of allylic oxidation sites excluding steroid dienone is 1. The van der Waals surface area contributed by atoms with Crippen LogP contribution in [0.4, 0.5) is 5.69 Å². The monoisotopic (exact) mass is 323 g/mol. The Morgan fingerprint density at radius 1 is 1.12 bits per heavy atom. The molecule has 0 radical (unpaired) electrons. The Morgan fingerprint density at radius 2 is 1.79 bits per heavy atom. The van der Waals surface area contributed by atoms with E-state index in [9.17, 15) is 0 Å². The first-order valence-electron chi connectivity index (χ1n) is 8.32. The highest BCUT2D eigenvalue weighted by molar-refractivity contribution is 5.89. The number of fused-ring (bicyclic) bond motifs is 1. The van der Waals surface area contributed by atoms with Crippen molar-refractivity contribution in [3.05, 3.63) is 47.6 Å². The van der Waals surface area contributed by atoms with Gasteiger partial charge in [-0.1, -0.05) is 6.08 Å². The van der Waals surface area contributed by atoms with E-state index in [0.29, 0.717) is 6.04 Å². The zero-order valence-corrected chi connectivity index (χ0v) is 15.3. The average Bonchev–Trinajstić information content (AvgIpc) is 2.97. The molecule has 0 amide bonds. The molecule has 1 aromatic heterocycles. The SMILES string of the molecule is CC1=CC(C)(C)N(C(C)C)c2cc(C)c(/C=N/n3cnnc3)cc21. The molecule has 0 aliphatic carbocycles. The highest BCUT2D eigenvalue weighted by Crippen LogP contribution is 2.41. The lowest BCUT2D eigenvalue weighted by Gasteiger charge is -2.46. The number of hydrogen-bond donors (Lipinski definition) is 0. The number of anilines is 1. The molecule has 0 saturated carbocycles. The summed E-state index contributed by atoms with van der Waals surface area (Å²) in [6, 6.07) is 4.94. The van der Waals surface area contributed by atoms with Crippen molar-refractivity contribution in [1.29, 1.82) is 0 Å². The van der Waals surface area contributed by atoms with Gasteiger partial charge in [-0.25, -0.2) is 4.68 Å². The number of benzene rings is 1. The number of hydrogen-bond acceptors (Lipinski definition) is 4. The van der Waals surface area contributed by atoms with E-state index in [-0.39, 0.29) is 5.54 Å². The van der Waals surface area contributed by atoms with Crippen molar-refractivity contribution in [3.63, 3.8) is 0 Å². The van der Waals surface area contributed by atoms with E-state index in [2.05, 4.69) is 79.9 Å². The molecule has 126 valence electrons. The molecular formula is C19H25N5. The van der Waals surface area contributed by atoms with Crippen molar-refractivity contribution >= 4 is 17.5 Å². The van der Waals surface area contributed by atoms with Gasteiger partial charge >= 0.3 is 0 Å². The zero-order chi connectivity index (χ0) is 17.5. The molecule has 0 spiro atoms. The van der Waals surface area contributed by atoms with E-state index in [1.54, 1.807) is 17.3 Å². The van der Waals surface area contributed by atoms with Crippen molar-refractivity contribution in [2.75, 3.05) is 4.90 Å². The fraction of sp³-hybridized carbons (Fsp3) is 0.421. The Hall–Kier alpha value is -2.43. The average molecular weight is 323 g/mol. The first-order chi connectivity index (χ1) is 11.3. The normalized spacial score (nSPS) is 16.6. The van der Waals surface area contributed by atoms with Gasteiger partial charge in [-0.2, -0.15) is 5.10 Å². The van der Waals surface area contributed by atoms with Gasteiger partial charge in [0.05, 0.1) is 11.8 Å². The van der Waals surface area contributed by atoms with Gasteiger partial charge in [0.1, 0.15) is 12.7 Å². The lowest BCUT2D eigenvalue weighted by Crippen LogP contribution is -2.49. The van der Waals surface area contributed by atoms with Gasteiger partial charge < -0.3 is 4.90 Å². The summed E-state index contributed by atoms with van der Waals surface area (Å²) in [6.07, 6.45) is 7.38. The van der Waals surface area contributed by atoms with Crippen LogP contribution in [0.5, 0.6) is 0 Å². The Morgan fingerprint density at radius 3 is 2.42 bits per heavy atom. The van der Waals surface area contributed by atoms with Gasteiger partial charge in [0, 0.05) is 17.3 Å². The summed E-state index contributed by atoms with van der Waals surface area (Å²) in [5.74, 6) is 0. The highest BCUT2D eigenvalue weighted by Gasteiger charge is 2.33. The van der Waals surface area contributed by atoms with E-state index in [4.69, 9.17) is 0 Å². The maximum absolute atomic E-state index is 4.39. The van der Waals surface area contributed by atoms with Crippen molar-refractivity contribution in [3.8, 4) is 0 Å². The lowest BCUT2D eigenvalue weighted by atomic mass is 9.86. The van der Waals surface area contributed by atoms with Gasteiger partial charge in [-0.3, -0.25) is 0 Å². The fourth-order valence-corrected chi connectivity index (χ4v) is 3.68. The van der Waals surface area contributed by atoms with E-state index in [0.717, 1.165) is 5.56 Å². The third-order valence-corrected chi connectivity index (χ3v) is 4.51. The molecule has 0 unspecified atom stereocenters. The summed E-state index contributed by atoms with van der Waals surface area (Å²) in [6.45, 7) is 13.4. The Balaban J connectivity index is 2.08. The summed E-state index contributed by atoms with van der Waals surface area (Å²) in [5, 5.41) is 11.9. The van der Waals surface area contributed by atoms with Gasteiger partial charge in [-0.15, -0.1) is 10.2 Å². The summed E-state index contributed by atoms with van der Waals surface area (Å²) >= 11 is 0. The minimum absolute atomic E-state index is 0.00970. The summed E-state index contributed by atoms with van der Waals surface area (Å²) < 4.78 is 1.60. The van der Waals surface area contributed by atoms with Crippen LogP contribution in [-0.2, 0) is 0 Å². The third-order valence-electron chi connectivity index (χ3n) is 4.51. The topological polar surface area (TPSA) is 46.3 Å². The van der Waals surface area contributed by atoms with E-state index < -0.39 is 0 Å². The molecule has 3 rings (SSSR count). The van der Waals surface area contributed by atoms with Crippen molar-refractivity contribution < 1.29 is 0 Å². The Bertz CT molecular complexity index is 797. The predicted molar refractivity (Wildman–Crippen MR) is 99.5 cm³/mol. The molecular weight excluding hydrogens is 298 g/mol. The smallest absolute Gasteiger partial charge is 0.141 e. The Kier molecular flexibility index (Phi) is 4.03. The van der Waals surface area contributed by atoms with Crippen molar-refractivity contribution in [2.45, 2.75) is 53.1 Å². The minimum atomic E-state index is 0.00970. The molecule has 0 fully saturated rings. The molecule has 1 aromatic carbocycles. The lowest BCUT2D eigenvalue weighted by molar-refractivity contribution is 0.507. The quantitative estimate of drug-likeness (QED) is 0.805. The molecule has 1 aliphatic heterocycles. The maximum Gasteiger partial charge on any atom is 0.141 e. The second kappa shape index (κ2) is 5.89. The van der Waals surface area contributed by atoms with Gasteiger partial charge in [-0.05, 0) is 70.4 Å². The van der Waals surface area contributed by atoms with Crippen LogP contribution < -0.4 is 4.90 Å². The fourth-order valence-electron chi connectivity index (χ4n) is 3.68. The van der Waals surface area contributed by atoms with Gasteiger partial charge in [0.2, 0.25) is 0 Å². The molecule has 0 saturated heterocycles. The van der Waals surface area contributed by atoms with Crippen LogP contribution in [0.15, 0.2) is 36.0 Å². The Labute approximate surface area is 143 Å². The van der Waals surface area contributed by atoms with Crippen LogP contribution in [0.1, 0.15) is 51.3 Å². The molecule has 5 nitrogen and oxygen atoms in total. The van der Waals surface area contributed by atoms with Crippen molar-refractivity contribution in [1.82, 2.24) is 14.9 Å². The van der Waals surface area contributed by atoms with Crippen LogP contribution in [0, 0.1) is 6.92 Å². The van der Waals surface area contributed by atoms with Gasteiger partial charge in [0.15, 0.2) is 0 Å². The maximum atomic E-state index is 4.39. The molecule has 2 aromatic rings. The highest BCUT2D eigenvalue weighted by atomic mass is 15.4. The number of aryl methyl sites for hydroxylation is 1. The summed E-state index contributed by atoms with van der Waals surface area (Å²) in [5.41, 5.74) is 6.22. The van der Waals surface area contributed by atoms with Crippen LogP contribution in [-0.4, -0.2) is 32.7 Å². The van der Waals surface area contributed by atoms with Crippen LogP contribution in [0.2, 0.25) is 0 Å². The largest absolute Gasteiger partial charge is 0.360 e. The minimum Gasteiger partial charge on any atom is -0.360 e. The number of rotatable bonds is 3. The van der Waals surface area contributed by atoms with Crippen molar-refractivity contribution in [2.24, 2.45) is 5.10 Å². The first-order valence-corrected chi connectivity index (χ1v) is 8.32.